The summed E-state index contributed by atoms with van der Waals surface area (Å²) in [5.41, 5.74) is 1.21. The molecule has 0 aliphatic heterocycles. The Morgan fingerprint density at radius 2 is 1.83 bits per heavy atom. The van der Waals surface area contributed by atoms with E-state index in [4.69, 9.17) is 14.4 Å². The number of alkyl halides is 3. The van der Waals surface area contributed by atoms with Crippen LogP contribution < -0.4 is 4.74 Å². The van der Waals surface area contributed by atoms with Gasteiger partial charge in [-0.3, -0.25) is 4.68 Å². The molecule has 2 heterocycles. The van der Waals surface area contributed by atoms with Crippen molar-refractivity contribution in [2.75, 3.05) is 0 Å². The number of benzene rings is 2. The van der Waals surface area contributed by atoms with Gasteiger partial charge >= 0.3 is 6.18 Å². The van der Waals surface area contributed by atoms with E-state index < -0.39 is 17.8 Å². The number of hydrogen-bond donors (Lipinski definition) is 1. The Hall–Kier alpha value is -4.23. The minimum atomic E-state index is -4.37. The zero-order chi connectivity index (χ0) is 25.5. The predicted octanol–water partition coefficient (Wildman–Crippen LogP) is 5.89. The van der Waals surface area contributed by atoms with Gasteiger partial charge in [0, 0.05) is 18.8 Å². The van der Waals surface area contributed by atoms with Crippen LogP contribution >= 0.6 is 0 Å². The number of aryl methyl sites for hydroxylation is 1. The Morgan fingerprint density at radius 1 is 1.08 bits per heavy atom. The molecule has 0 bridgehead atoms. The van der Waals surface area contributed by atoms with E-state index in [2.05, 4.69) is 4.98 Å². The summed E-state index contributed by atoms with van der Waals surface area (Å²) >= 11 is 0. The highest BCUT2D eigenvalue weighted by Gasteiger charge is 2.29. The number of nitrogens with zero attached hydrogens (tertiary/aromatic N) is 4. The first-order valence-corrected chi connectivity index (χ1v) is 11.2. The molecule has 4 aromatic rings. The standard InChI is InChI=1S/C26H23F3N4O3/c27-26(28,29)21-8-3-19(4-9-21)5-12-25-31-22(17-36-25)16-35-23-10-6-20(7-11-23)24(34)2-1-13-32-14-15-33(32)18-30/h3-12,14-15,17,24,34H,1-2,13,16H2/b12-5+. The van der Waals surface area contributed by atoms with Crippen molar-refractivity contribution in [1.29, 1.82) is 5.26 Å². The molecule has 1 atom stereocenters. The van der Waals surface area contributed by atoms with E-state index in [9.17, 15) is 18.3 Å². The molecule has 0 saturated carbocycles. The van der Waals surface area contributed by atoms with E-state index in [1.807, 2.05) is 12.4 Å². The highest BCUT2D eigenvalue weighted by atomic mass is 19.4. The lowest BCUT2D eigenvalue weighted by Crippen LogP contribution is -2.17. The van der Waals surface area contributed by atoms with Crippen LogP contribution in [-0.4, -0.2) is 19.5 Å². The molecule has 0 amide bonds. The van der Waals surface area contributed by atoms with Gasteiger partial charge in [0.15, 0.2) is 0 Å². The maximum atomic E-state index is 12.6. The van der Waals surface area contributed by atoms with Crippen molar-refractivity contribution in [3.63, 3.8) is 0 Å². The van der Waals surface area contributed by atoms with E-state index in [1.165, 1.54) is 23.1 Å². The fourth-order valence-electron chi connectivity index (χ4n) is 3.47. The fraction of sp³-hybridized carbons (Fsp3) is 0.231. The van der Waals surface area contributed by atoms with Crippen molar-refractivity contribution in [3.8, 4) is 11.9 Å². The Labute approximate surface area is 205 Å². The SMILES string of the molecule is N#Cn1ccn1CCCC(O)c1ccc(OCc2coc(/C=C/c3ccc(C(F)(F)F)cc3)n2)cc1. The molecule has 0 saturated heterocycles. The van der Waals surface area contributed by atoms with Crippen molar-refractivity contribution in [2.24, 2.45) is 0 Å². The molecule has 0 radical (unpaired) electrons. The molecule has 1 unspecified atom stereocenters. The van der Waals surface area contributed by atoms with Crippen LogP contribution in [0.15, 0.2) is 71.6 Å². The predicted molar refractivity (Wildman–Crippen MR) is 125 cm³/mol. The van der Waals surface area contributed by atoms with E-state index >= 15 is 0 Å². The summed E-state index contributed by atoms with van der Waals surface area (Å²) in [6.45, 7) is 0.819. The number of nitriles is 1. The molecule has 0 aliphatic rings. The smallest absolute Gasteiger partial charge is 0.416 e. The summed E-state index contributed by atoms with van der Waals surface area (Å²) in [6, 6.07) is 11.9. The lowest BCUT2D eigenvalue weighted by molar-refractivity contribution is -0.137. The van der Waals surface area contributed by atoms with Gasteiger partial charge in [-0.25, -0.2) is 4.98 Å². The van der Waals surface area contributed by atoms with Gasteiger partial charge in [0.1, 0.15) is 24.3 Å². The quantitative estimate of drug-likeness (QED) is 0.296. The van der Waals surface area contributed by atoms with Crippen LogP contribution in [0.4, 0.5) is 13.2 Å². The second-order valence-corrected chi connectivity index (χ2v) is 8.05. The number of hydrogen-bond acceptors (Lipinski definition) is 5. The van der Waals surface area contributed by atoms with Crippen LogP contribution in [0.2, 0.25) is 0 Å². The maximum absolute atomic E-state index is 12.6. The maximum Gasteiger partial charge on any atom is 0.416 e. The van der Waals surface area contributed by atoms with Crippen LogP contribution in [0.5, 0.6) is 5.75 Å². The van der Waals surface area contributed by atoms with Crippen LogP contribution in [0, 0.1) is 11.5 Å². The van der Waals surface area contributed by atoms with Gasteiger partial charge in [-0.05, 0) is 54.3 Å². The van der Waals surface area contributed by atoms with Gasteiger partial charge in [-0.1, -0.05) is 24.3 Å². The second-order valence-electron chi connectivity index (χ2n) is 8.05. The molecule has 2 aromatic heterocycles. The molecule has 0 aliphatic carbocycles. The summed E-state index contributed by atoms with van der Waals surface area (Å²) in [5, 5.41) is 19.3. The lowest BCUT2D eigenvalue weighted by Gasteiger charge is -2.16. The van der Waals surface area contributed by atoms with Crippen molar-refractivity contribution >= 4 is 12.2 Å². The summed E-state index contributed by atoms with van der Waals surface area (Å²) < 4.78 is 52.2. The van der Waals surface area contributed by atoms with Gasteiger partial charge in [-0.2, -0.15) is 23.1 Å². The molecule has 186 valence electrons. The molecule has 36 heavy (non-hydrogen) atoms. The summed E-state index contributed by atoms with van der Waals surface area (Å²) in [7, 11) is 0. The van der Waals surface area contributed by atoms with Gasteiger partial charge in [0.2, 0.25) is 12.1 Å². The monoisotopic (exact) mass is 496 g/mol. The first kappa shape index (κ1) is 24.9. The topological polar surface area (TPSA) is 89.1 Å². The zero-order valence-corrected chi connectivity index (χ0v) is 19.1. The van der Waals surface area contributed by atoms with Crippen molar-refractivity contribution in [1.82, 2.24) is 14.3 Å². The third-order valence-electron chi connectivity index (χ3n) is 5.50. The zero-order valence-electron chi connectivity index (χ0n) is 19.1. The van der Waals surface area contributed by atoms with Gasteiger partial charge in [0.25, 0.3) is 0 Å². The van der Waals surface area contributed by atoms with E-state index in [0.29, 0.717) is 35.9 Å². The molecular weight excluding hydrogens is 473 g/mol. The van der Waals surface area contributed by atoms with Crippen LogP contribution in [0.3, 0.4) is 0 Å². The summed E-state index contributed by atoms with van der Waals surface area (Å²) in [4.78, 5) is 4.28. The third kappa shape index (κ3) is 6.46. The minimum absolute atomic E-state index is 0.165. The van der Waals surface area contributed by atoms with Gasteiger partial charge in [-0.15, -0.1) is 0 Å². The van der Waals surface area contributed by atoms with Crippen LogP contribution in [-0.2, 0) is 19.3 Å². The average molecular weight is 496 g/mol. The molecule has 4 rings (SSSR count). The van der Waals surface area contributed by atoms with Crippen molar-refractivity contribution in [3.05, 3.63) is 95.5 Å². The number of rotatable bonds is 10. The number of oxazole rings is 1. The highest BCUT2D eigenvalue weighted by molar-refractivity contribution is 5.66. The van der Waals surface area contributed by atoms with E-state index in [-0.39, 0.29) is 6.61 Å². The molecule has 0 fully saturated rings. The summed E-state index contributed by atoms with van der Waals surface area (Å²) in [5.74, 6) is 0.907. The van der Waals surface area contributed by atoms with Gasteiger partial charge < -0.3 is 14.3 Å². The Bertz CT molecular complexity index is 1330. The minimum Gasteiger partial charge on any atom is -0.487 e. The Balaban J connectivity index is 1.23. The number of aromatic nitrogens is 3. The first-order valence-electron chi connectivity index (χ1n) is 11.2. The summed E-state index contributed by atoms with van der Waals surface area (Å²) in [6.07, 6.45) is 6.45. The van der Waals surface area contributed by atoms with Crippen LogP contribution in [0.1, 0.15) is 47.2 Å². The number of aliphatic hydroxyl groups is 1. The Kier molecular flexibility index (Phi) is 7.61. The molecule has 2 aromatic carbocycles. The number of halogens is 3. The molecule has 1 N–H and O–H groups in total. The first-order chi connectivity index (χ1) is 17.3. The van der Waals surface area contributed by atoms with Crippen molar-refractivity contribution in [2.45, 2.75) is 38.3 Å². The van der Waals surface area contributed by atoms with E-state index in [0.717, 1.165) is 24.1 Å². The average Bonchev–Trinajstić information content (AvgIpc) is 3.31. The second kappa shape index (κ2) is 11.0. The van der Waals surface area contributed by atoms with Crippen LogP contribution in [0.25, 0.3) is 12.2 Å². The Morgan fingerprint density at radius 3 is 2.47 bits per heavy atom. The fourth-order valence-corrected chi connectivity index (χ4v) is 3.47. The molecule has 7 nitrogen and oxygen atoms in total. The van der Waals surface area contributed by atoms with E-state index in [1.54, 1.807) is 47.3 Å². The largest absolute Gasteiger partial charge is 0.487 e. The van der Waals surface area contributed by atoms with Crippen molar-refractivity contribution < 1.29 is 27.4 Å². The molecule has 0 spiro atoms. The molecular formula is C26H23F3N4O3. The molecule has 10 heteroatoms. The third-order valence-corrected chi connectivity index (χ3v) is 5.50. The normalized spacial score (nSPS) is 12.6. The lowest BCUT2D eigenvalue weighted by atomic mass is 10.0. The number of ether oxygens (including phenoxy) is 1. The highest BCUT2D eigenvalue weighted by Crippen LogP contribution is 2.29. The number of aliphatic hydroxyl groups excluding tert-OH is 1. The van der Waals surface area contributed by atoms with Gasteiger partial charge in [0.05, 0.1) is 17.9 Å².